The van der Waals surface area contributed by atoms with Crippen LogP contribution in [0.15, 0.2) is 29.8 Å². The molecule has 2 rings (SSSR count). The van der Waals surface area contributed by atoms with Crippen LogP contribution in [0.4, 0.5) is 0 Å². The maximum absolute atomic E-state index is 11.6. The molecule has 18 heavy (non-hydrogen) atoms. The van der Waals surface area contributed by atoms with E-state index in [4.69, 9.17) is 0 Å². The quantitative estimate of drug-likeness (QED) is 0.375. The third-order valence-electron chi connectivity index (χ3n) is 3.12. The molecule has 1 aliphatic rings. The van der Waals surface area contributed by atoms with Crippen LogP contribution in [0.25, 0.3) is 5.57 Å². The van der Waals surface area contributed by atoms with Gasteiger partial charge in [0.05, 0.1) is 7.11 Å². The van der Waals surface area contributed by atoms with Gasteiger partial charge in [-0.2, -0.15) is 0 Å². The van der Waals surface area contributed by atoms with Crippen LogP contribution >= 0.6 is 0 Å². The van der Waals surface area contributed by atoms with E-state index in [1.54, 1.807) is 0 Å². The summed E-state index contributed by atoms with van der Waals surface area (Å²) in [7, 11) is 1.20. The van der Waals surface area contributed by atoms with Gasteiger partial charge in [0, 0.05) is 0 Å². The van der Waals surface area contributed by atoms with Gasteiger partial charge in [0.1, 0.15) is 5.57 Å². The highest BCUT2D eigenvalue weighted by Crippen LogP contribution is 2.33. The minimum Gasteiger partial charge on any atom is -0.477 e. The maximum atomic E-state index is 11.6. The average Bonchev–Trinajstić information content (AvgIpc) is 2.38. The molecule has 4 nitrogen and oxygen atoms in total. The molecule has 0 spiro atoms. The number of carbonyl (C=O) groups is 2. The molecule has 0 bridgehead atoms. The number of benzene rings is 1. The summed E-state index contributed by atoms with van der Waals surface area (Å²) in [5, 5.41) is 9.19. The van der Waals surface area contributed by atoms with Crippen molar-refractivity contribution in [1.82, 2.24) is 0 Å². The summed E-state index contributed by atoms with van der Waals surface area (Å²) in [5.41, 5.74) is 2.27. The summed E-state index contributed by atoms with van der Waals surface area (Å²) in [6.07, 6.45) is 2.35. The van der Waals surface area contributed by atoms with Crippen LogP contribution in [0.2, 0.25) is 0 Å². The van der Waals surface area contributed by atoms with E-state index in [1.165, 1.54) is 7.11 Å². The minimum atomic E-state index is -1.23. The van der Waals surface area contributed by atoms with Crippen molar-refractivity contribution in [1.29, 1.82) is 0 Å². The summed E-state index contributed by atoms with van der Waals surface area (Å²) in [6, 6.07) is 7.59. The normalized spacial score (nSPS) is 16.7. The Morgan fingerprint density at radius 2 is 1.94 bits per heavy atom. The molecule has 0 aliphatic heterocycles. The van der Waals surface area contributed by atoms with Crippen LogP contribution in [-0.2, 0) is 20.7 Å². The number of carboxylic acid groups (broad SMARTS) is 1. The van der Waals surface area contributed by atoms with Gasteiger partial charge < -0.3 is 9.84 Å². The zero-order valence-corrected chi connectivity index (χ0v) is 10.1. The third-order valence-corrected chi connectivity index (χ3v) is 3.12. The average molecular weight is 246 g/mol. The first-order chi connectivity index (χ1) is 8.65. The molecule has 0 atom stereocenters. The Bertz CT molecular complexity index is 528. The number of carboxylic acids is 1. The van der Waals surface area contributed by atoms with Crippen molar-refractivity contribution in [3.05, 3.63) is 41.0 Å². The first kappa shape index (κ1) is 12.4. The van der Waals surface area contributed by atoms with E-state index in [-0.39, 0.29) is 5.57 Å². The van der Waals surface area contributed by atoms with Crippen LogP contribution < -0.4 is 0 Å². The zero-order valence-electron chi connectivity index (χ0n) is 10.1. The molecular weight excluding hydrogens is 232 g/mol. The number of aliphatic carboxylic acids is 1. The van der Waals surface area contributed by atoms with Crippen LogP contribution in [-0.4, -0.2) is 24.2 Å². The summed E-state index contributed by atoms with van der Waals surface area (Å²) in [6.45, 7) is 0. The summed E-state index contributed by atoms with van der Waals surface area (Å²) >= 11 is 0. The summed E-state index contributed by atoms with van der Waals surface area (Å²) in [4.78, 5) is 22.9. The molecule has 1 aromatic carbocycles. The van der Waals surface area contributed by atoms with Gasteiger partial charge in [-0.05, 0) is 36.0 Å². The molecule has 0 fully saturated rings. The van der Waals surface area contributed by atoms with Crippen LogP contribution in [0.5, 0.6) is 0 Å². The Hall–Kier alpha value is -2.10. The number of esters is 1. The standard InChI is InChI=1S/C14H14O4/c1-18-14(17)12(13(15)16)11-8-4-6-9-5-2-3-7-10(9)11/h2-3,5,7H,4,6,8H2,1H3,(H,15,16). The van der Waals surface area contributed by atoms with Gasteiger partial charge in [-0.3, -0.25) is 0 Å². The Balaban J connectivity index is 2.62. The van der Waals surface area contributed by atoms with Gasteiger partial charge in [-0.25, -0.2) is 9.59 Å². The molecule has 0 unspecified atom stereocenters. The molecule has 1 aliphatic carbocycles. The van der Waals surface area contributed by atoms with E-state index >= 15 is 0 Å². The monoisotopic (exact) mass is 246 g/mol. The fourth-order valence-corrected chi connectivity index (χ4v) is 2.32. The second-order valence-electron chi connectivity index (χ2n) is 4.16. The van der Waals surface area contributed by atoms with E-state index in [0.29, 0.717) is 12.0 Å². The lowest BCUT2D eigenvalue weighted by Gasteiger charge is -2.20. The number of fused-ring (bicyclic) bond motifs is 1. The van der Waals surface area contributed by atoms with Gasteiger partial charge in [-0.15, -0.1) is 0 Å². The Morgan fingerprint density at radius 1 is 1.22 bits per heavy atom. The number of hydrogen-bond donors (Lipinski definition) is 1. The topological polar surface area (TPSA) is 63.6 Å². The van der Waals surface area contributed by atoms with Gasteiger partial charge in [0.25, 0.3) is 0 Å². The Kier molecular flexibility index (Phi) is 3.46. The molecule has 0 aromatic heterocycles. The number of allylic oxidation sites excluding steroid dienone is 1. The van der Waals surface area contributed by atoms with Crippen LogP contribution in [0.1, 0.15) is 24.0 Å². The van der Waals surface area contributed by atoms with Gasteiger partial charge in [0.15, 0.2) is 0 Å². The lowest BCUT2D eigenvalue weighted by molar-refractivity contribution is -0.142. The molecule has 1 N–H and O–H groups in total. The molecule has 0 saturated heterocycles. The summed E-state index contributed by atoms with van der Waals surface area (Å²) < 4.78 is 4.56. The Morgan fingerprint density at radius 3 is 2.61 bits per heavy atom. The fraction of sp³-hybridized carbons (Fsp3) is 0.286. The summed E-state index contributed by atoms with van der Waals surface area (Å²) in [5.74, 6) is -2.01. The molecule has 1 aromatic rings. The highest BCUT2D eigenvalue weighted by atomic mass is 16.5. The maximum Gasteiger partial charge on any atom is 0.345 e. The first-order valence-corrected chi connectivity index (χ1v) is 5.78. The zero-order chi connectivity index (χ0) is 13.1. The third kappa shape index (κ3) is 2.14. The fourth-order valence-electron chi connectivity index (χ4n) is 2.32. The second kappa shape index (κ2) is 5.04. The number of methoxy groups -OCH3 is 1. The van der Waals surface area contributed by atoms with Crippen LogP contribution in [0, 0.1) is 0 Å². The van der Waals surface area contributed by atoms with E-state index in [9.17, 15) is 14.7 Å². The SMILES string of the molecule is COC(=O)C(C(=O)O)=C1CCCc2ccccc21. The van der Waals surface area contributed by atoms with Crippen molar-refractivity contribution >= 4 is 17.5 Å². The van der Waals surface area contributed by atoms with Gasteiger partial charge in [-0.1, -0.05) is 24.3 Å². The molecule has 0 saturated carbocycles. The highest BCUT2D eigenvalue weighted by Gasteiger charge is 2.26. The molecule has 94 valence electrons. The molecule has 0 heterocycles. The van der Waals surface area contributed by atoms with Crippen molar-refractivity contribution in [3.63, 3.8) is 0 Å². The number of hydrogen-bond acceptors (Lipinski definition) is 3. The number of ether oxygens (including phenoxy) is 1. The molecular formula is C14H14O4. The van der Waals surface area contributed by atoms with Crippen molar-refractivity contribution in [2.75, 3.05) is 7.11 Å². The minimum absolute atomic E-state index is 0.246. The highest BCUT2D eigenvalue weighted by molar-refractivity contribution is 6.19. The van der Waals surface area contributed by atoms with E-state index in [1.807, 2.05) is 24.3 Å². The van der Waals surface area contributed by atoms with Crippen molar-refractivity contribution in [2.24, 2.45) is 0 Å². The first-order valence-electron chi connectivity index (χ1n) is 5.78. The van der Waals surface area contributed by atoms with E-state index in [0.717, 1.165) is 24.0 Å². The van der Waals surface area contributed by atoms with Crippen LogP contribution in [0.3, 0.4) is 0 Å². The lowest BCUT2D eigenvalue weighted by atomic mass is 9.84. The van der Waals surface area contributed by atoms with E-state index < -0.39 is 11.9 Å². The van der Waals surface area contributed by atoms with Crippen molar-refractivity contribution in [2.45, 2.75) is 19.3 Å². The lowest BCUT2D eigenvalue weighted by Crippen LogP contribution is -2.18. The molecule has 0 radical (unpaired) electrons. The number of carbonyl (C=O) groups excluding carboxylic acids is 1. The van der Waals surface area contributed by atoms with Gasteiger partial charge in [0.2, 0.25) is 0 Å². The predicted molar refractivity (Wildman–Crippen MR) is 66.0 cm³/mol. The largest absolute Gasteiger partial charge is 0.477 e. The van der Waals surface area contributed by atoms with Crippen molar-refractivity contribution < 1.29 is 19.4 Å². The number of aryl methyl sites for hydroxylation is 1. The second-order valence-corrected chi connectivity index (χ2v) is 4.16. The smallest absolute Gasteiger partial charge is 0.345 e. The predicted octanol–water partition coefficient (Wildman–Crippen LogP) is 2.03. The van der Waals surface area contributed by atoms with Gasteiger partial charge >= 0.3 is 11.9 Å². The van der Waals surface area contributed by atoms with Crippen molar-refractivity contribution in [3.8, 4) is 0 Å². The molecule has 4 heteroatoms. The number of rotatable bonds is 2. The Labute approximate surface area is 105 Å². The molecule has 0 amide bonds. The van der Waals surface area contributed by atoms with E-state index in [2.05, 4.69) is 4.74 Å².